The topological polar surface area (TPSA) is 58.7 Å². The maximum absolute atomic E-state index is 9.80. The Labute approximate surface area is 130 Å². The lowest BCUT2D eigenvalue weighted by Gasteiger charge is -2.23. The molecule has 2 heterocycles. The molecule has 118 valence electrons. The average molecular weight is 302 g/mol. The minimum absolute atomic E-state index is 0.190. The number of aryl methyl sites for hydroxylation is 1. The SMILES string of the molecule is CCOc1cc(CN2CCC[C@H]2c2cc(C)on2)ccc1O. The molecule has 1 N–H and O–H groups in total. The Hall–Kier alpha value is -2.01. The van der Waals surface area contributed by atoms with Gasteiger partial charge in [-0.1, -0.05) is 11.2 Å². The van der Waals surface area contributed by atoms with Crippen LogP contribution in [0.3, 0.4) is 0 Å². The first-order valence-corrected chi connectivity index (χ1v) is 7.79. The summed E-state index contributed by atoms with van der Waals surface area (Å²) in [5, 5.41) is 14.0. The monoisotopic (exact) mass is 302 g/mol. The summed E-state index contributed by atoms with van der Waals surface area (Å²) in [5.74, 6) is 1.59. The lowest BCUT2D eigenvalue weighted by molar-refractivity contribution is 0.236. The number of aromatic hydroxyl groups is 1. The lowest BCUT2D eigenvalue weighted by atomic mass is 10.1. The van der Waals surface area contributed by atoms with Crippen LogP contribution in [0.25, 0.3) is 0 Å². The van der Waals surface area contributed by atoms with Crippen molar-refractivity contribution in [3.05, 3.63) is 41.3 Å². The van der Waals surface area contributed by atoms with Crippen LogP contribution in [0.4, 0.5) is 0 Å². The van der Waals surface area contributed by atoms with E-state index in [1.54, 1.807) is 6.07 Å². The van der Waals surface area contributed by atoms with Crippen LogP contribution in [0.15, 0.2) is 28.8 Å². The molecule has 3 rings (SSSR count). The molecule has 1 atom stereocenters. The molecule has 0 unspecified atom stereocenters. The van der Waals surface area contributed by atoms with Crippen molar-refractivity contribution in [3.63, 3.8) is 0 Å². The molecule has 0 amide bonds. The summed E-state index contributed by atoms with van der Waals surface area (Å²) < 4.78 is 10.7. The van der Waals surface area contributed by atoms with Gasteiger partial charge in [0.05, 0.1) is 12.6 Å². The zero-order valence-corrected chi connectivity index (χ0v) is 13.1. The van der Waals surface area contributed by atoms with Crippen LogP contribution in [0.2, 0.25) is 0 Å². The fraction of sp³-hybridized carbons (Fsp3) is 0.471. The number of phenolic OH excluding ortho intramolecular Hbond substituents is 1. The molecule has 0 saturated carbocycles. The second-order valence-corrected chi connectivity index (χ2v) is 5.73. The first-order valence-electron chi connectivity index (χ1n) is 7.79. The zero-order valence-electron chi connectivity index (χ0n) is 13.1. The van der Waals surface area contributed by atoms with Crippen molar-refractivity contribution < 1.29 is 14.4 Å². The summed E-state index contributed by atoms with van der Waals surface area (Å²) in [7, 11) is 0. The van der Waals surface area contributed by atoms with Gasteiger partial charge < -0.3 is 14.4 Å². The highest BCUT2D eigenvalue weighted by Crippen LogP contribution is 2.34. The van der Waals surface area contributed by atoms with Crippen molar-refractivity contribution in [1.29, 1.82) is 0 Å². The summed E-state index contributed by atoms with van der Waals surface area (Å²) >= 11 is 0. The number of nitrogens with zero attached hydrogens (tertiary/aromatic N) is 2. The first-order chi connectivity index (χ1) is 10.7. The highest BCUT2D eigenvalue weighted by atomic mass is 16.5. The quantitative estimate of drug-likeness (QED) is 0.917. The number of ether oxygens (including phenoxy) is 1. The molecule has 5 nitrogen and oxygen atoms in total. The van der Waals surface area contributed by atoms with Crippen LogP contribution in [0.5, 0.6) is 11.5 Å². The van der Waals surface area contributed by atoms with Crippen LogP contribution in [-0.4, -0.2) is 28.3 Å². The van der Waals surface area contributed by atoms with Crippen molar-refractivity contribution >= 4 is 0 Å². The van der Waals surface area contributed by atoms with E-state index in [2.05, 4.69) is 10.1 Å². The van der Waals surface area contributed by atoms with Crippen molar-refractivity contribution in [2.24, 2.45) is 0 Å². The summed E-state index contributed by atoms with van der Waals surface area (Å²) in [6.45, 7) is 6.24. The maximum atomic E-state index is 9.80. The van der Waals surface area contributed by atoms with E-state index in [0.29, 0.717) is 18.4 Å². The predicted octanol–water partition coefficient (Wildman–Crippen LogP) is 3.42. The number of phenols is 1. The van der Waals surface area contributed by atoms with Crippen molar-refractivity contribution in [3.8, 4) is 11.5 Å². The van der Waals surface area contributed by atoms with Gasteiger partial charge in [-0.3, -0.25) is 4.90 Å². The maximum Gasteiger partial charge on any atom is 0.161 e. The van der Waals surface area contributed by atoms with E-state index < -0.39 is 0 Å². The summed E-state index contributed by atoms with van der Waals surface area (Å²) in [6.07, 6.45) is 2.26. The molecule has 1 saturated heterocycles. The molecule has 1 aromatic heterocycles. The Bertz CT molecular complexity index is 639. The number of hydrogen-bond acceptors (Lipinski definition) is 5. The summed E-state index contributed by atoms with van der Waals surface area (Å²) in [6, 6.07) is 7.89. The third-order valence-electron chi connectivity index (χ3n) is 4.06. The van der Waals surface area contributed by atoms with E-state index in [1.165, 1.54) is 0 Å². The highest BCUT2D eigenvalue weighted by Gasteiger charge is 2.28. The van der Waals surface area contributed by atoms with Crippen LogP contribution in [-0.2, 0) is 6.54 Å². The number of hydrogen-bond donors (Lipinski definition) is 1. The molecular weight excluding hydrogens is 280 g/mol. The van der Waals surface area contributed by atoms with Gasteiger partial charge in [0.15, 0.2) is 11.5 Å². The van der Waals surface area contributed by atoms with Crippen LogP contribution in [0, 0.1) is 6.92 Å². The first kappa shape index (κ1) is 14.9. The molecule has 22 heavy (non-hydrogen) atoms. The molecule has 1 aliphatic heterocycles. The molecule has 5 heteroatoms. The predicted molar refractivity (Wildman–Crippen MR) is 82.9 cm³/mol. The Morgan fingerprint density at radius 1 is 1.41 bits per heavy atom. The third kappa shape index (κ3) is 3.09. The average Bonchev–Trinajstić information content (AvgIpc) is 3.11. The van der Waals surface area contributed by atoms with E-state index in [4.69, 9.17) is 9.26 Å². The fourth-order valence-corrected chi connectivity index (χ4v) is 3.06. The van der Waals surface area contributed by atoms with E-state index in [-0.39, 0.29) is 5.75 Å². The van der Waals surface area contributed by atoms with Gasteiger partial charge in [-0.25, -0.2) is 0 Å². The lowest BCUT2D eigenvalue weighted by Crippen LogP contribution is -2.23. The zero-order chi connectivity index (χ0) is 15.5. The second-order valence-electron chi connectivity index (χ2n) is 5.73. The second kappa shape index (κ2) is 6.40. The summed E-state index contributed by atoms with van der Waals surface area (Å²) in [5.41, 5.74) is 2.15. The van der Waals surface area contributed by atoms with Crippen molar-refractivity contribution in [1.82, 2.24) is 10.1 Å². The molecule has 0 aliphatic carbocycles. The van der Waals surface area contributed by atoms with E-state index in [1.807, 2.05) is 32.0 Å². The normalized spacial score (nSPS) is 18.7. The van der Waals surface area contributed by atoms with Gasteiger partial charge in [0.25, 0.3) is 0 Å². The molecule has 1 fully saturated rings. The van der Waals surface area contributed by atoms with E-state index >= 15 is 0 Å². The van der Waals surface area contributed by atoms with Gasteiger partial charge >= 0.3 is 0 Å². The van der Waals surface area contributed by atoms with E-state index in [0.717, 1.165) is 42.9 Å². The standard InChI is InChI=1S/C17H22N2O3/c1-3-21-17-10-13(6-7-16(17)20)11-19-8-4-5-15(19)14-9-12(2)22-18-14/h6-7,9-10,15,20H,3-5,8,11H2,1-2H3/t15-/m0/s1. The van der Waals surface area contributed by atoms with Gasteiger partial charge in [0, 0.05) is 12.6 Å². The van der Waals surface area contributed by atoms with Crippen molar-refractivity contribution in [2.45, 2.75) is 39.3 Å². The molecule has 0 spiro atoms. The van der Waals surface area contributed by atoms with E-state index in [9.17, 15) is 5.11 Å². The Balaban J connectivity index is 1.75. The Kier molecular flexibility index (Phi) is 4.34. The van der Waals surface area contributed by atoms with Gasteiger partial charge in [-0.05, 0) is 50.9 Å². The third-order valence-corrected chi connectivity index (χ3v) is 4.06. The largest absolute Gasteiger partial charge is 0.504 e. The smallest absolute Gasteiger partial charge is 0.161 e. The van der Waals surface area contributed by atoms with Crippen molar-refractivity contribution in [2.75, 3.05) is 13.2 Å². The Morgan fingerprint density at radius 3 is 3.00 bits per heavy atom. The minimum Gasteiger partial charge on any atom is -0.504 e. The van der Waals surface area contributed by atoms with Crippen LogP contribution in [0.1, 0.15) is 42.8 Å². The van der Waals surface area contributed by atoms with Gasteiger partial charge in [-0.15, -0.1) is 0 Å². The Morgan fingerprint density at radius 2 is 2.27 bits per heavy atom. The highest BCUT2D eigenvalue weighted by molar-refractivity contribution is 5.41. The minimum atomic E-state index is 0.190. The molecule has 0 bridgehead atoms. The van der Waals surface area contributed by atoms with Crippen LogP contribution < -0.4 is 4.74 Å². The van der Waals surface area contributed by atoms with Crippen LogP contribution >= 0.6 is 0 Å². The van der Waals surface area contributed by atoms with Gasteiger partial charge in [-0.2, -0.15) is 0 Å². The molecule has 1 aliphatic rings. The van der Waals surface area contributed by atoms with Gasteiger partial charge in [0.1, 0.15) is 11.5 Å². The molecular formula is C17H22N2O3. The number of likely N-dealkylation sites (tertiary alicyclic amines) is 1. The molecule has 2 aromatic rings. The fourth-order valence-electron chi connectivity index (χ4n) is 3.06. The number of aromatic nitrogens is 1. The molecule has 1 aromatic carbocycles. The van der Waals surface area contributed by atoms with Gasteiger partial charge in [0.2, 0.25) is 0 Å². The number of rotatable bonds is 5. The molecule has 0 radical (unpaired) electrons. The number of benzene rings is 1. The summed E-state index contributed by atoms with van der Waals surface area (Å²) in [4.78, 5) is 2.40.